The number of methoxy groups -OCH3 is 2. The molecule has 108 valence electrons. The minimum Gasteiger partial charge on any atom is -0.468 e. The van der Waals surface area contributed by atoms with E-state index in [4.69, 9.17) is 0 Å². The molecule has 0 fully saturated rings. The lowest BCUT2D eigenvalue weighted by molar-refractivity contribution is -0.384. The number of nitro groups is 1. The first-order chi connectivity index (χ1) is 9.43. The van der Waals surface area contributed by atoms with Gasteiger partial charge in [0.1, 0.15) is 0 Å². The summed E-state index contributed by atoms with van der Waals surface area (Å²) in [7, 11) is 2.34. The Balaban J connectivity index is 3.40. The predicted octanol–water partition coefficient (Wildman–Crippen LogP) is 1.59. The van der Waals surface area contributed by atoms with Crippen molar-refractivity contribution in [3.05, 3.63) is 39.9 Å². The summed E-state index contributed by atoms with van der Waals surface area (Å²) >= 11 is 0. The maximum Gasteiger partial charge on any atom is 0.327 e. The Hall–Kier alpha value is -2.44. The first-order valence-corrected chi connectivity index (χ1v) is 5.85. The van der Waals surface area contributed by atoms with Gasteiger partial charge in [-0.05, 0) is 12.0 Å². The van der Waals surface area contributed by atoms with Crippen molar-refractivity contribution in [3.8, 4) is 0 Å². The number of hydrogen-bond donors (Lipinski definition) is 0. The highest BCUT2D eigenvalue weighted by Crippen LogP contribution is 2.32. The van der Waals surface area contributed by atoms with Crippen LogP contribution in [0.2, 0.25) is 0 Å². The van der Waals surface area contributed by atoms with Gasteiger partial charge in [0.05, 0.1) is 19.1 Å². The number of nitrogens with zero attached hydrogens (tertiary/aromatic N) is 1. The maximum absolute atomic E-state index is 12.0. The van der Waals surface area contributed by atoms with Gasteiger partial charge in [0.15, 0.2) is 5.41 Å². The molecule has 0 spiro atoms. The van der Waals surface area contributed by atoms with Crippen LogP contribution in [0.3, 0.4) is 0 Å². The summed E-state index contributed by atoms with van der Waals surface area (Å²) in [5.41, 5.74) is -1.45. The Labute approximate surface area is 115 Å². The quantitative estimate of drug-likeness (QED) is 0.352. The minimum absolute atomic E-state index is 0.115. The normalized spacial score (nSPS) is 10.8. The van der Waals surface area contributed by atoms with Crippen molar-refractivity contribution >= 4 is 17.6 Å². The van der Waals surface area contributed by atoms with Gasteiger partial charge in [-0.2, -0.15) is 0 Å². The van der Waals surface area contributed by atoms with Crippen molar-refractivity contribution in [1.82, 2.24) is 0 Å². The molecule has 0 unspecified atom stereocenters. The lowest BCUT2D eigenvalue weighted by atomic mass is 9.78. The maximum atomic E-state index is 12.0. The molecule has 0 amide bonds. The van der Waals surface area contributed by atoms with E-state index in [1.807, 2.05) is 0 Å². The van der Waals surface area contributed by atoms with E-state index in [2.05, 4.69) is 9.47 Å². The fraction of sp³-hybridized carbons (Fsp3) is 0.385. The van der Waals surface area contributed by atoms with Crippen molar-refractivity contribution < 1.29 is 24.0 Å². The van der Waals surface area contributed by atoms with E-state index in [0.717, 1.165) is 0 Å². The number of carbonyl (C=O) groups excluding carboxylic acids is 2. The van der Waals surface area contributed by atoms with Crippen molar-refractivity contribution in [3.63, 3.8) is 0 Å². The highest BCUT2D eigenvalue weighted by molar-refractivity contribution is 6.06. The van der Waals surface area contributed by atoms with Crippen molar-refractivity contribution in [2.45, 2.75) is 18.8 Å². The second kappa shape index (κ2) is 6.14. The molecule has 0 heterocycles. The fourth-order valence-corrected chi connectivity index (χ4v) is 2.03. The Morgan fingerprint density at radius 2 is 1.60 bits per heavy atom. The van der Waals surface area contributed by atoms with E-state index in [1.54, 1.807) is 6.92 Å². The highest BCUT2D eigenvalue weighted by atomic mass is 16.6. The summed E-state index contributed by atoms with van der Waals surface area (Å²) < 4.78 is 9.38. The Kier molecular flexibility index (Phi) is 4.79. The van der Waals surface area contributed by atoms with Gasteiger partial charge < -0.3 is 9.47 Å². The van der Waals surface area contributed by atoms with Gasteiger partial charge in [-0.3, -0.25) is 19.7 Å². The fourth-order valence-electron chi connectivity index (χ4n) is 2.03. The summed E-state index contributed by atoms with van der Waals surface area (Å²) in [6.45, 7) is 1.63. The number of non-ortho nitro benzene ring substituents is 1. The van der Waals surface area contributed by atoms with E-state index < -0.39 is 22.3 Å². The second-order valence-corrected chi connectivity index (χ2v) is 4.05. The monoisotopic (exact) mass is 281 g/mol. The zero-order valence-electron chi connectivity index (χ0n) is 11.4. The molecule has 1 aromatic rings. The number of nitro benzene ring substituents is 1. The molecule has 0 N–H and O–H groups in total. The van der Waals surface area contributed by atoms with Crippen LogP contribution in [-0.2, 0) is 24.5 Å². The summed E-state index contributed by atoms with van der Waals surface area (Å²) in [4.78, 5) is 34.1. The zero-order valence-corrected chi connectivity index (χ0v) is 11.4. The molecular formula is C13H15NO6. The molecule has 0 aliphatic carbocycles. The van der Waals surface area contributed by atoms with E-state index in [9.17, 15) is 19.7 Å². The van der Waals surface area contributed by atoms with Crippen molar-refractivity contribution in [2.24, 2.45) is 0 Å². The van der Waals surface area contributed by atoms with E-state index in [0.29, 0.717) is 5.56 Å². The van der Waals surface area contributed by atoms with Crippen LogP contribution in [0, 0.1) is 10.1 Å². The molecule has 0 aromatic heterocycles. The molecule has 0 atom stereocenters. The summed E-state index contributed by atoms with van der Waals surface area (Å²) in [6.07, 6.45) is 0.115. The molecule has 0 radical (unpaired) electrons. The first kappa shape index (κ1) is 15.6. The van der Waals surface area contributed by atoms with E-state index in [1.165, 1.54) is 38.5 Å². The molecule has 1 aromatic carbocycles. The number of carbonyl (C=O) groups is 2. The van der Waals surface area contributed by atoms with Crippen LogP contribution in [0.4, 0.5) is 5.69 Å². The van der Waals surface area contributed by atoms with Gasteiger partial charge in [-0.15, -0.1) is 0 Å². The van der Waals surface area contributed by atoms with Crippen LogP contribution in [0.15, 0.2) is 24.3 Å². The van der Waals surface area contributed by atoms with Gasteiger partial charge in [0, 0.05) is 12.1 Å². The predicted molar refractivity (Wildman–Crippen MR) is 69.1 cm³/mol. The summed E-state index contributed by atoms with van der Waals surface area (Å²) in [5, 5.41) is 10.6. The van der Waals surface area contributed by atoms with Crippen LogP contribution in [0.25, 0.3) is 0 Å². The molecule has 0 saturated heterocycles. The van der Waals surface area contributed by atoms with Crippen LogP contribution in [-0.4, -0.2) is 31.1 Å². The van der Waals surface area contributed by atoms with Crippen molar-refractivity contribution in [1.29, 1.82) is 0 Å². The first-order valence-electron chi connectivity index (χ1n) is 5.85. The van der Waals surface area contributed by atoms with Gasteiger partial charge >= 0.3 is 11.9 Å². The average molecular weight is 281 g/mol. The third-order valence-electron chi connectivity index (χ3n) is 3.17. The lowest BCUT2D eigenvalue weighted by Crippen LogP contribution is -2.45. The average Bonchev–Trinajstić information content (AvgIpc) is 2.48. The molecule has 7 nitrogen and oxygen atoms in total. The second-order valence-electron chi connectivity index (χ2n) is 4.05. The number of esters is 2. The third-order valence-corrected chi connectivity index (χ3v) is 3.17. The van der Waals surface area contributed by atoms with Crippen LogP contribution >= 0.6 is 0 Å². The standard InChI is InChI=1S/C13H15NO6/c1-4-13(11(15)19-2,12(16)20-3)9-5-7-10(8-6-9)14(17)18/h5-8H,4H2,1-3H3. The highest BCUT2D eigenvalue weighted by Gasteiger charge is 2.48. The van der Waals surface area contributed by atoms with E-state index in [-0.39, 0.29) is 12.1 Å². The smallest absolute Gasteiger partial charge is 0.327 e. The lowest BCUT2D eigenvalue weighted by Gasteiger charge is -2.27. The number of hydrogen-bond acceptors (Lipinski definition) is 6. The Morgan fingerprint density at radius 3 is 1.90 bits per heavy atom. The van der Waals surface area contributed by atoms with Crippen LogP contribution in [0.1, 0.15) is 18.9 Å². The Bertz CT molecular complexity index is 506. The Morgan fingerprint density at radius 1 is 1.15 bits per heavy atom. The largest absolute Gasteiger partial charge is 0.468 e. The summed E-state index contributed by atoms with van der Waals surface area (Å²) in [6, 6.07) is 5.17. The molecule has 0 aliphatic heterocycles. The molecule has 1 rings (SSSR count). The van der Waals surface area contributed by atoms with Crippen LogP contribution < -0.4 is 0 Å². The molecule has 0 aliphatic rings. The van der Waals surface area contributed by atoms with Gasteiger partial charge in [-0.1, -0.05) is 19.1 Å². The van der Waals surface area contributed by atoms with Gasteiger partial charge in [0.2, 0.25) is 0 Å². The number of rotatable bonds is 5. The molecule has 0 saturated carbocycles. The van der Waals surface area contributed by atoms with Gasteiger partial charge in [0.25, 0.3) is 5.69 Å². The zero-order chi connectivity index (χ0) is 15.3. The summed E-state index contributed by atoms with van der Waals surface area (Å²) in [5.74, 6) is -1.53. The number of benzene rings is 1. The minimum atomic E-state index is -1.61. The molecule has 7 heteroatoms. The number of ether oxygens (including phenoxy) is 2. The van der Waals surface area contributed by atoms with Crippen molar-refractivity contribution in [2.75, 3.05) is 14.2 Å². The SMILES string of the molecule is CCC(C(=O)OC)(C(=O)OC)c1ccc([N+](=O)[O-])cc1. The van der Waals surface area contributed by atoms with Crippen LogP contribution in [0.5, 0.6) is 0 Å². The van der Waals surface area contributed by atoms with E-state index >= 15 is 0 Å². The molecular weight excluding hydrogens is 266 g/mol. The van der Waals surface area contributed by atoms with Gasteiger partial charge in [-0.25, -0.2) is 0 Å². The molecule has 0 bridgehead atoms. The molecule has 20 heavy (non-hydrogen) atoms. The topological polar surface area (TPSA) is 95.7 Å². The third kappa shape index (κ3) is 2.47.